The molecule has 3 aliphatic carbocycles. The summed E-state index contributed by atoms with van der Waals surface area (Å²) < 4.78 is 15.2. The van der Waals surface area contributed by atoms with E-state index in [0.29, 0.717) is 23.2 Å². The van der Waals surface area contributed by atoms with E-state index in [0.717, 1.165) is 48.2 Å². The third kappa shape index (κ3) is 4.39. The number of amides is 4. The molecule has 6 atom stereocenters. The van der Waals surface area contributed by atoms with Gasteiger partial charge in [0, 0.05) is 12.0 Å². The number of hydrogen-bond donors (Lipinski definition) is 2. The Balaban J connectivity index is 1.30. The number of nitrogens with one attached hydrogen (secondary N) is 1. The van der Waals surface area contributed by atoms with Gasteiger partial charge in [-0.15, -0.1) is 0 Å². The van der Waals surface area contributed by atoms with Crippen molar-refractivity contribution in [1.82, 2.24) is 9.91 Å². The molecule has 0 radical (unpaired) electrons. The summed E-state index contributed by atoms with van der Waals surface area (Å²) >= 11 is 0. The second-order valence-electron chi connectivity index (χ2n) is 14.1. The van der Waals surface area contributed by atoms with Gasteiger partial charge in [0.25, 0.3) is 11.8 Å². The molecule has 0 aromatic heterocycles. The molecule has 246 valence electrons. The van der Waals surface area contributed by atoms with Crippen molar-refractivity contribution < 1.29 is 28.7 Å². The summed E-state index contributed by atoms with van der Waals surface area (Å²) in [5, 5.41) is 11.3. The zero-order chi connectivity index (χ0) is 33.3. The van der Waals surface area contributed by atoms with Gasteiger partial charge in [0.1, 0.15) is 0 Å². The number of nitrogens with zero attached hydrogens (tertiary/aromatic N) is 2. The number of aromatic hydroxyl groups is 1. The normalized spacial score (nSPS) is 30.2. The smallest absolute Gasteiger partial charge is 0.260 e. The molecule has 0 bridgehead atoms. The third-order valence-corrected chi connectivity index (χ3v) is 11.7. The van der Waals surface area contributed by atoms with Crippen molar-refractivity contribution in [2.45, 2.75) is 69.2 Å². The minimum absolute atomic E-state index is 0.120. The largest absolute Gasteiger partial charge is 0.505 e. The fraction of sp³-hybridized carbons (Fsp3) is 0.385. The lowest BCUT2D eigenvalue weighted by molar-refractivity contribution is -0.144. The van der Waals surface area contributed by atoms with E-state index in [2.05, 4.69) is 5.43 Å². The Hall–Kier alpha value is -4.79. The van der Waals surface area contributed by atoms with Gasteiger partial charge in [-0.1, -0.05) is 85.0 Å². The summed E-state index contributed by atoms with van der Waals surface area (Å²) in [6.07, 6.45) is 7.11. The fourth-order valence-corrected chi connectivity index (χ4v) is 9.55. The van der Waals surface area contributed by atoms with Crippen LogP contribution in [-0.2, 0) is 24.6 Å². The number of hydrazine groups is 1. The number of phenolic OH excluding ortho intramolecular Hbond substituents is 1. The molecule has 2 saturated heterocycles. The van der Waals surface area contributed by atoms with Gasteiger partial charge < -0.3 is 5.11 Å². The predicted molar refractivity (Wildman–Crippen MR) is 176 cm³/mol. The van der Waals surface area contributed by atoms with Crippen molar-refractivity contribution >= 4 is 29.3 Å². The van der Waals surface area contributed by atoms with Crippen molar-refractivity contribution in [2.24, 2.45) is 23.7 Å². The van der Waals surface area contributed by atoms with Crippen LogP contribution in [0.2, 0.25) is 0 Å². The van der Waals surface area contributed by atoms with E-state index in [4.69, 9.17) is 0 Å². The molecule has 0 unspecified atom stereocenters. The van der Waals surface area contributed by atoms with Crippen molar-refractivity contribution in [3.05, 3.63) is 107 Å². The van der Waals surface area contributed by atoms with Crippen LogP contribution in [0.1, 0.15) is 67.6 Å². The number of anilines is 1. The summed E-state index contributed by atoms with van der Waals surface area (Å²) in [6.45, 7) is 1.95. The van der Waals surface area contributed by atoms with Gasteiger partial charge >= 0.3 is 0 Å². The highest BCUT2D eigenvalue weighted by molar-refractivity contribution is 6.13. The van der Waals surface area contributed by atoms with Gasteiger partial charge in [0.05, 0.1) is 28.9 Å². The number of likely N-dealkylation sites (tertiary alicyclic amines) is 1. The number of carbonyl (C=O) groups excluding carboxylic acids is 4. The molecule has 5 aliphatic rings. The number of hydrogen-bond acceptors (Lipinski definition) is 6. The molecule has 2 aliphatic heterocycles. The lowest BCUT2D eigenvalue weighted by Crippen LogP contribution is -2.53. The Morgan fingerprint density at radius 1 is 0.854 bits per heavy atom. The van der Waals surface area contributed by atoms with E-state index >= 15 is 9.18 Å². The number of halogens is 1. The van der Waals surface area contributed by atoms with E-state index < -0.39 is 58.4 Å². The Morgan fingerprint density at radius 3 is 2.29 bits per heavy atom. The SMILES string of the molecule is Cc1ccc(NN2C(=O)[C@@H]3C[C@@H]4C(=CC[C@@H]5C(=O)N(C6CCCCC6)C(=O)[C@@H]54)[C@H](c4ccc(O)c(F)c4)[C@]3(c3ccccc3)C2=O)cc1. The molecule has 4 fully saturated rings. The van der Waals surface area contributed by atoms with Crippen LogP contribution >= 0.6 is 0 Å². The molecule has 4 amide bonds. The first-order valence-corrected chi connectivity index (χ1v) is 17.0. The van der Waals surface area contributed by atoms with Gasteiger partial charge in [0.15, 0.2) is 11.6 Å². The van der Waals surface area contributed by atoms with Gasteiger partial charge in [-0.2, -0.15) is 5.01 Å². The number of aryl methyl sites for hydroxylation is 1. The number of fused-ring (bicyclic) bond motifs is 4. The lowest BCUT2D eigenvalue weighted by Gasteiger charge is -2.50. The molecule has 48 heavy (non-hydrogen) atoms. The second kappa shape index (κ2) is 11.4. The topological polar surface area (TPSA) is 107 Å². The van der Waals surface area contributed by atoms with E-state index in [1.165, 1.54) is 17.0 Å². The Bertz CT molecular complexity index is 1850. The van der Waals surface area contributed by atoms with E-state index in [-0.39, 0.29) is 24.3 Å². The van der Waals surface area contributed by atoms with Crippen molar-refractivity contribution in [3.63, 3.8) is 0 Å². The number of carbonyl (C=O) groups is 4. The van der Waals surface area contributed by atoms with Gasteiger partial charge in [-0.05, 0) is 73.9 Å². The van der Waals surface area contributed by atoms with Crippen LogP contribution in [0.5, 0.6) is 5.75 Å². The van der Waals surface area contributed by atoms with Crippen molar-refractivity contribution in [3.8, 4) is 5.75 Å². The number of benzene rings is 3. The number of rotatable bonds is 5. The van der Waals surface area contributed by atoms with Gasteiger partial charge in [-0.3, -0.25) is 29.5 Å². The summed E-state index contributed by atoms with van der Waals surface area (Å²) in [5.74, 6) is -6.07. The number of phenols is 1. The molecule has 9 heteroatoms. The lowest BCUT2D eigenvalue weighted by atomic mass is 9.49. The molecule has 8 nitrogen and oxygen atoms in total. The summed E-state index contributed by atoms with van der Waals surface area (Å²) in [4.78, 5) is 59.6. The van der Waals surface area contributed by atoms with Crippen LogP contribution in [0.3, 0.4) is 0 Å². The van der Waals surface area contributed by atoms with E-state index in [1.807, 2.05) is 55.5 Å². The average molecular weight is 648 g/mol. The first-order chi connectivity index (χ1) is 23.2. The maximum Gasteiger partial charge on any atom is 0.260 e. The van der Waals surface area contributed by atoms with Crippen LogP contribution in [0.25, 0.3) is 0 Å². The monoisotopic (exact) mass is 647 g/mol. The summed E-state index contributed by atoms with van der Waals surface area (Å²) in [7, 11) is 0. The highest BCUT2D eigenvalue weighted by Crippen LogP contribution is 2.64. The molecule has 2 heterocycles. The quantitative estimate of drug-likeness (QED) is 0.254. The summed E-state index contributed by atoms with van der Waals surface area (Å²) in [6, 6.07) is 20.5. The average Bonchev–Trinajstić information content (AvgIpc) is 3.48. The van der Waals surface area contributed by atoms with Crippen LogP contribution < -0.4 is 5.43 Å². The molecule has 2 saturated carbocycles. The summed E-state index contributed by atoms with van der Waals surface area (Å²) in [5.41, 5.74) is 4.98. The zero-order valence-corrected chi connectivity index (χ0v) is 26.8. The molecular weight excluding hydrogens is 609 g/mol. The first kappa shape index (κ1) is 30.5. The predicted octanol–water partition coefficient (Wildman–Crippen LogP) is 6.16. The highest BCUT2D eigenvalue weighted by atomic mass is 19.1. The number of imide groups is 2. The molecule has 2 N–H and O–H groups in total. The molecule has 3 aromatic rings. The van der Waals surface area contributed by atoms with Crippen molar-refractivity contribution in [1.29, 1.82) is 0 Å². The van der Waals surface area contributed by atoms with Crippen molar-refractivity contribution in [2.75, 3.05) is 5.43 Å². The van der Waals surface area contributed by atoms with Gasteiger partial charge in [-0.25, -0.2) is 4.39 Å². The molecular formula is C39H38FN3O5. The first-order valence-electron chi connectivity index (χ1n) is 17.0. The van der Waals surface area contributed by atoms with Crippen LogP contribution in [0.15, 0.2) is 84.4 Å². The van der Waals surface area contributed by atoms with Crippen LogP contribution in [0, 0.1) is 36.4 Å². The fourth-order valence-electron chi connectivity index (χ4n) is 9.55. The maximum absolute atomic E-state index is 15.2. The Labute approximate surface area is 278 Å². The zero-order valence-electron chi connectivity index (χ0n) is 26.8. The molecule has 3 aromatic carbocycles. The molecule has 0 spiro atoms. The number of allylic oxidation sites excluding steroid dienone is 2. The van der Waals surface area contributed by atoms with Gasteiger partial charge in [0.2, 0.25) is 11.8 Å². The Kier molecular flexibility index (Phi) is 7.27. The second-order valence-corrected chi connectivity index (χ2v) is 14.1. The minimum atomic E-state index is -1.48. The standard InChI is InChI=1S/C39H38FN3O5/c1-22-12-15-25(16-13-22)41-43-36(46)30-21-29-27(17-18-28-33(29)37(47)42(35(28)45)26-10-6-3-7-11-26)34(23-14-19-32(44)31(40)20-23)39(30,38(43)48)24-8-4-2-5-9-24/h2,4-5,8-9,12-17,19-20,26,28-30,33-34,41,44H,3,6-7,10-11,18,21H2,1H3/t28-,29+,30-,33-,34-,39+/m0/s1. The maximum atomic E-state index is 15.2. The molecule has 8 rings (SSSR count). The van der Waals surface area contributed by atoms with Crippen LogP contribution in [-0.4, -0.2) is 44.7 Å². The minimum Gasteiger partial charge on any atom is -0.505 e. The van der Waals surface area contributed by atoms with E-state index in [1.54, 1.807) is 18.2 Å². The Morgan fingerprint density at radius 2 is 1.58 bits per heavy atom. The van der Waals surface area contributed by atoms with E-state index in [9.17, 15) is 19.5 Å². The third-order valence-electron chi connectivity index (χ3n) is 11.7. The highest BCUT2D eigenvalue weighted by Gasteiger charge is 2.70. The van der Waals surface area contributed by atoms with Crippen LogP contribution in [0.4, 0.5) is 10.1 Å².